The molecule has 33 heavy (non-hydrogen) atoms. The Labute approximate surface area is 213 Å². The van der Waals surface area contributed by atoms with Crippen LogP contribution in [0.15, 0.2) is 40.9 Å². The minimum Gasteiger partial charge on any atom is -0.491 e. The molecule has 0 unspecified atom stereocenters. The number of ether oxygens (including phenoxy) is 2. The number of nitrogens with zero attached hydrogens (tertiary/aromatic N) is 2. The topological polar surface area (TPSA) is 54.0 Å². The lowest BCUT2D eigenvalue weighted by Crippen LogP contribution is -2.38. The molecule has 2 aromatic carbocycles. The summed E-state index contributed by atoms with van der Waals surface area (Å²) in [7, 11) is 0. The van der Waals surface area contributed by atoms with E-state index < -0.39 is 0 Å². The van der Waals surface area contributed by atoms with Crippen molar-refractivity contribution in [1.29, 1.82) is 0 Å². The molecule has 1 atom stereocenters. The molecule has 2 aliphatic heterocycles. The number of halogens is 3. The van der Waals surface area contributed by atoms with Crippen LogP contribution in [-0.4, -0.2) is 74.3 Å². The number of hydrogen-bond acceptors (Lipinski definition) is 5. The summed E-state index contributed by atoms with van der Waals surface area (Å²) in [4.78, 5) is 17.2. The van der Waals surface area contributed by atoms with Crippen LogP contribution in [-0.2, 0) is 11.3 Å². The summed E-state index contributed by atoms with van der Waals surface area (Å²) in [5, 5.41) is 3.93. The van der Waals surface area contributed by atoms with Crippen LogP contribution < -0.4 is 10.1 Å². The monoisotopic (exact) mass is 555 g/mol. The van der Waals surface area contributed by atoms with Gasteiger partial charge in [-0.2, -0.15) is 0 Å². The van der Waals surface area contributed by atoms with E-state index in [9.17, 15) is 4.79 Å². The normalized spacial score (nSPS) is 19.5. The van der Waals surface area contributed by atoms with E-state index in [1.807, 2.05) is 6.07 Å². The number of amides is 1. The maximum absolute atomic E-state index is 12.5. The van der Waals surface area contributed by atoms with Gasteiger partial charge in [-0.3, -0.25) is 14.6 Å². The van der Waals surface area contributed by atoms with Crippen molar-refractivity contribution >= 4 is 45.0 Å². The van der Waals surface area contributed by atoms with Gasteiger partial charge in [0.05, 0.1) is 27.7 Å². The highest BCUT2D eigenvalue weighted by Crippen LogP contribution is 2.27. The Balaban J connectivity index is 1.23. The summed E-state index contributed by atoms with van der Waals surface area (Å²) in [5.74, 6) is 0.738. The molecule has 0 radical (unpaired) electrons. The Hall–Kier alpha value is -1.35. The summed E-state index contributed by atoms with van der Waals surface area (Å²) >= 11 is 15.6. The Kier molecular flexibility index (Phi) is 8.91. The largest absolute Gasteiger partial charge is 0.491 e. The Morgan fingerprint density at radius 3 is 2.67 bits per heavy atom. The third kappa shape index (κ3) is 7.07. The highest BCUT2D eigenvalue weighted by atomic mass is 79.9. The molecule has 0 aromatic heterocycles. The molecule has 6 nitrogen and oxygen atoms in total. The van der Waals surface area contributed by atoms with Crippen molar-refractivity contribution in [1.82, 2.24) is 15.1 Å². The number of rotatable bonds is 8. The lowest BCUT2D eigenvalue weighted by Gasteiger charge is -2.26. The van der Waals surface area contributed by atoms with Crippen molar-refractivity contribution in [3.05, 3.63) is 62.0 Å². The Morgan fingerprint density at radius 1 is 1.09 bits per heavy atom. The molecule has 9 heteroatoms. The van der Waals surface area contributed by atoms with E-state index in [1.165, 1.54) is 5.56 Å². The van der Waals surface area contributed by atoms with Gasteiger partial charge in [-0.05, 0) is 58.2 Å². The van der Waals surface area contributed by atoms with Crippen LogP contribution in [0.5, 0.6) is 5.75 Å². The fourth-order valence-corrected chi connectivity index (χ4v) is 4.97. The van der Waals surface area contributed by atoms with Gasteiger partial charge in [-0.1, -0.05) is 29.3 Å². The SMILES string of the molecule is O=C(N[C@H]1CCN(Cc2ccc(OCCN3CCOCC3)c(Br)c2)C1)c1ccc(Cl)c(Cl)c1. The number of carbonyl (C=O) groups excluding carboxylic acids is 1. The summed E-state index contributed by atoms with van der Waals surface area (Å²) in [6.07, 6.45) is 0.914. The van der Waals surface area contributed by atoms with Crippen LogP contribution in [0.25, 0.3) is 0 Å². The van der Waals surface area contributed by atoms with Crippen molar-refractivity contribution in [3.63, 3.8) is 0 Å². The molecule has 2 saturated heterocycles. The van der Waals surface area contributed by atoms with Gasteiger partial charge in [-0.25, -0.2) is 0 Å². The van der Waals surface area contributed by atoms with Crippen LogP contribution >= 0.6 is 39.1 Å². The van der Waals surface area contributed by atoms with E-state index in [0.29, 0.717) is 22.2 Å². The van der Waals surface area contributed by atoms with Crippen molar-refractivity contribution in [2.24, 2.45) is 0 Å². The number of carbonyl (C=O) groups is 1. The molecule has 0 saturated carbocycles. The third-order valence-electron chi connectivity index (χ3n) is 5.96. The first-order valence-electron chi connectivity index (χ1n) is 11.2. The number of morpholine rings is 1. The lowest BCUT2D eigenvalue weighted by molar-refractivity contribution is 0.0322. The van der Waals surface area contributed by atoms with Gasteiger partial charge in [-0.15, -0.1) is 0 Å². The van der Waals surface area contributed by atoms with E-state index in [2.05, 4.69) is 43.2 Å². The summed E-state index contributed by atoms with van der Waals surface area (Å²) in [6.45, 7) is 7.66. The first kappa shape index (κ1) is 24.8. The van der Waals surface area contributed by atoms with Crippen molar-refractivity contribution in [3.8, 4) is 5.75 Å². The molecule has 1 amide bonds. The van der Waals surface area contributed by atoms with E-state index >= 15 is 0 Å². The van der Waals surface area contributed by atoms with Gasteiger partial charge >= 0.3 is 0 Å². The Morgan fingerprint density at radius 2 is 1.91 bits per heavy atom. The summed E-state index contributed by atoms with van der Waals surface area (Å²) in [6, 6.07) is 11.3. The van der Waals surface area contributed by atoms with Gasteiger partial charge < -0.3 is 14.8 Å². The minimum atomic E-state index is -0.123. The third-order valence-corrected chi connectivity index (χ3v) is 7.32. The molecule has 0 bridgehead atoms. The van der Waals surface area contributed by atoms with E-state index in [4.69, 9.17) is 32.7 Å². The number of nitrogens with one attached hydrogen (secondary N) is 1. The quantitative estimate of drug-likeness (QED) is 0.520. The first-order chi connectivity index (χ1) is 16.0. The molecule has 178 valence electrons. The number of likely N-dealkylation sites (tertiary alicyclic amines) is 1. The summed E-state index contributed by atoms with van der Waals surface area (Å²) in [5.41, 5.74) is 1.73. The Bertz CT molecular complexity index is 972. The van der Waals surface area contributed by atoms with Crippen molar-refractivity contribution < 1.29 is 14.3 Å². The molecule has 2 aromatic rings. The predicted molar refractivity (Wildman–Crippen MR) is 135 cm³/mol. The molecule has 0 aliphatic carbocycles. The fraction of sp³-hybridized carbons (Fsp3) is 0.458. The highest BCUT2D eigenvalue weighted by Gasteiger charge is 2.24. The second-order valence-electron chi connectivity index (χ2n) is 8.39. The first-order valence-corrected chi connectivity index (χ1v) is 12.7. The zero-order valence-electron chi connectivity index (χ0n) is 18.4. The molecule has 1 N–H and O–H groups in total. The molecule has 2 heterocycles. The molecular weight excluding hydrogens is 529 g/mol. The van der Waals surface area contributed by atoms with Gasteiger partial charge in [0.25, 0.3) is 5.91 Å². The smallest absolute Gasteiger partial charge is 0.251 e. The van der Waals surface area contributed by atoms with E-state index in [1.54, 1.807) is 18.2 Å². The van der Waals surface area contributed by atoms with E-state index in [-0.39, 0.29) is 11.9 Å². The van der Waals surface area contributed by atoms with Gasteiger partial charge in [0.2, 0.25) is 0 Å². The van der Waals surface area contributed by atoms with Gasteiger partial charge in [0, 0.05) is 50.9 Å². The minimum absolute atomic E-state index is 0.109. The number of benzene rings is 2. The van der Waals surface area contributed by atoms with Crippen molar-refractivity contribution in [2.75, 3.05) is 52.5 Å². The molecule has 2 aliphatic rings. The number of hydrogen-bond donors (Lipinski definition) is 1. The second-order valence-corrected chi connectivity index (χ2v) is 10.1. The van der Waals surface area contributed by atoms with Crippen LogP contribution in [0.2, 0.25) is 10.0 Å². The maximum Gasteiger partial charge on any atom is 0.251 e. The molecule has 2 fully saturated rings. The fourth-order valence-electron chi connectivity index (χ4n) is 4.13. The predicted octanol–water partition coefficient (Wildman–Crippen LogP) is 4.47. The summed E-state index contributed by atoms with van der Waals surface area (Å²) < 4.78 is 12.3. The maximum atomic E-state index is 12.5. The van der Waals surface area contributed by atoms with Crippen LogP contribution in [0.1, 0.15) is 22.3 Å². The van der Waals surface area contributed by atoms with Gasteiger partial charge in [0.15, 0.2) is 0 Å². The zero-order valence-corrected chi connectivity index (χ0v) is 21.5. The van der Waals surface area contributed by atoms with Crippen LogP contribution in [0, 0.1) is 0 Å². The van der Waals surface area contributed by atoms with Crippen molar-refractivity contribution in [2.45, 2.75) is 19.0 Å². The van der Waals surface area contributed by atoms with Crippen LogP contribution in [0.4, 0.5) is 0 Å². The van der Waals surface area contributed by atoms with Gasteiger partial charge in [0.1, 0.15) is 12.4 Å². The average Bonchev–Trinajstić information content (AvgIpc) is 3.24. The molecular formula is C24H28BrCl2N3O3. The second kappa shape index (κ2) is 11.9. The zero-order chi connectivity index (χ0) is 23.2. The average molecular weight is 557 g/mol. The standard InChI is InChI=1S/C24H28BrCl2N3O3/c25-20-13-17(1-4-23(20)33-12-9-29-7-10-32-11-8-29)15-30-6-5-19(16-30)28-24(31)18-2-3-21(26)22(27)14-18/h1-4,13-14,19H,5-12,15-16H2,(H,28,31)/t19-/m0/s1. The van der Waals surface area contributed by atoms with E-state index in [0.717, 1.165) is 69.1 Å². The molecule has 0 spiro atoms. The molecule has 4 rings (SSSR count). The van der Waals surface area contributed by atoms with Crippen LogP contribution in [0.3, 0.4) is 0 Å². The highest BCUT2D eigenvalue weighted by molar-refractivity contribution is 9.10. The lowest BCUT2D eigenvalue weighted by atomic mass is 10.2.